The van der Waals surface area contributed by atoms with Gasteiger partial charge in [0.15, 0.2) is 0 Å². The predicted octanol–water partition coefficient (Wildman–Crippen LogP) is 1.78. The summed E-state index contributed by atoms with van der Waals surface area (Å²) in [4.78, 5) is 7.76. The third-order valence-corrected chi connectivity index (χ3v) is 3.56. The number of aryl methyl sites for hydroxylation is 1. The van der Waals surface area contributed by atoms with Crippen molar-refractivity contribution in [3.05, 3.63) is 41.6 Å². The molecular weight excluding hydrogens is 247 g/mol. The summed E-state index contributed by atoms with van der Waals surface area (Å²) in [5, 5.41) is 9.51. The van der Waals surface area contributed by atoms with Crippen molar-refractivity contribution in [1.29, 1.82) is 0 Å². The zero-order chi connectivity index (χ0) is 13.5. The van der Waals surface area contributed by atoms with E-state index in [4.69, 9.17) is 4.74 Å². The minimum Gasteiger partial charge on any atom is -0.395 e. The molecule has 0 saturated carbocycles. The molecule has 0 unspecified atom stereocenters. The minimum absolute atomic E-state index is 0.00279. The van der Waals surface area contributed by atoms with Gasteiger partial charge in [0, 0.05) is 11.3 Å². The molecule has 0 spiro atoms. The molecule has 1 saturated heterocycles. The van der Waals surface area contributed by atoms with Gasteiger partial charge in [-0.25, -0.2) is 9.37 Å². The van der Waals surface area contributed by atoms with Crippen molar-refractivity contribution in [2.24, 2.45) is 0 Å². The maximum Gasteiger partial charge on any atom is 0.123 e. The van der Waals surface area contributed by atoms with E-state index in [2.05, 4.69) is 9.97 Å². The third-order valence-electron chi connectivity index (χ3n) is 3.56. The Morgan fingerprint density at radius 2 is 2.05 bits per heavy atom. The van der Waals surface area contributed by atoms with Gasteiger partial charge in [0.05, 0.1) is 30.9 Å². The highest BCUT2D eigenvalue weighted by molar-refractivity contribution is 5.62. The monoisotopic (exact) mass is 262 g/mol. The maximum atomic E-state index is 12.9. The van der Waals surface area contributed by atoms with Crippen LogP contribution >= 0.6 is 0 Å². The Morgan fingerprint density at radius 3 is 2.58 bits per heavy atom. The van der Waals surface area contributed by atoms with Crippen LogP contribution in [0.25, 0.3) is 11.3 Å². The number of aliphatic hydroxyl groups excluding tert-OH is 1. The topological polar surface area (TPSA) is 58.1 Å². The van der Waals surface area contributed by atoms with Crippen molar-refractivity contribution < 1.29 is 14.2 Å². The SMILES string of the molecule is Cc1[nH]c(C2(CO)COC2)nc1-c1ccc(F)cc1. The van der Waals surface area contributed by atoms with E-state index in [1.807, 2.05) is 6.92 Å². The van der Waals surface area contributed by atoms with Gasteiger partial charge in [-0.05, 0) is 31.2 Å². The molecule has 1 aromatic carbocycles. The highest BCUT2D eigenvalue weighted by atomic mass is 19.1. The van der Waals surface area contributed by atoms with Crippen molar-refractivity contribution >= 4 is 0 Å². The number of hydrogen-bond acceptors (Lipinski definition) is 3. The molecule has 19 heavy (non-hydrogen) atoms. The fourth-order valence-corrected chi connectivity index (χ4v) is 2.25. The molecule has 4 nitrogen and oxygen atoms in total. The summed E-state index contributed by atoms with van der Waals surface area (Å²) in [7, 11) is 0. The van der Waals surface area contributed by atoms with Crippen LogP contribution in [-0.2, 0) is 10.2 Å². The summed E-state index contributed by atoms with van der Waals surface area (Å²) in [5.74, 6) is 0.467. The number of aliphatic hydroxyl groups is 1. The van der Waals surface area contributed by atoms with E-state index in [-0.39, 0.29) is 12.4 Å². The van der Waals surface area contributed by atoms with Gasteiger partial charge < -0.3 is 14.8 Å². The number of aromatic nitrogens is 2. The number of imidazole rings is 1. The van der Waals surface area contributed by atoms with Crippen molar-refractivity contribution in [3.63, 3.8) is 0 Å². The van der Waals surface area contributed by atoms with E-state index in [1.54, 1.807) is 12.1 Å². The van der Waals surface area contributed by atoms with E-state index in [0.717, 1.165) is 22.8 Å². The second kappa shape index (κ2) is 4.43. The summed E-state index contributed by atoms with van der Waals surface area (Å²) in [5.41, 5.74) is 2.13. The lowest BCUT2D eigenvalue weighted by molar-refractivity contribution is -0.0880. The van der Waals surface area contributed by atoms with Gasteiger partial charge in [-0.3, -0.25) is 0 Å². The van der Waals surface area contributed by atoms with E-state index >= 15 is 0 Å². The van der Waals surface area contributed by atoms with Gasteiger partial charge in [-0.1, -0.05) is 0 Å². The molecule has 0 bridgehead atoms. The van der Waals surface area contributed by atoms with Crippen molar-refractivity contribution in [1.82, 2.24) is 9.97 Å². The molecule has 2 heterocycles. The molecule has 2 N–H and O–H groups in total. The highest BCUT2D eigenvalue weighted by Gasteiger charge is 2.43. The summed E-state index contributed by atoms with van der Waals surface area (Å²) in [6.07, 6.45) is 0. The Labute approximate surface area is 110 Å². The van der Waals surface area contributed by atoms with Crippen LogP contribution in [0.2, 0.25) is 0 Å². The molecular formula is C14H15FN2O2. The number of rotatable bonds is 3. The molecule has 0 aliphatic carbocycles. The lowest BCUT2D eigenvalue weighted by Crippen LogP contribution is -2.50. The van der Waals surface area contributed by atoms with Crippen LogP contribution in [0, 0.1) is 12.7 Å². The van der Waals surface area contributed by atoms with Crippen LogP contribution in [0.5, 0.6) is 0 Å². The second-order valence-electron chi connectivity index (χ2n) is 5.00. The number of ether oxygens (including phenoxy) is 1. The van der Waals surface area contributed by atoms with Crippen LogP contribution < -0.4 is 0 Å². The number of benzene rings is 1. The van der Waals surface area contributed by atoms with Crippen LogP contribution in [0.1, 0.15) is 11.5 Å². The maximum absolute atomic E-state index is 12.9. The number of nitrogens with zero attached hydrogens (tertiary/aromatic N) is 1. The molecule has 100 valence electrons. The summed E-state index contributed by atoms with van der Waals surface area (Å²) in [6, 6.07) is 6.23. The minimum atomic E-state index is -0.414. The fraction of sp³-hybridized carbons (Fsp3) is 0.357. The van der Waals surface area contributed by atoms with Crippen LogP contribution in [0.3, 0.4) is 0 Å². The van der Waals surface area contributed by atoms with Gasteiger partial charge in [0.1, 0.15) is 11.6 Å². The average Bonchev–Trinajstić information content (AvgIpc) is 2.72. The second-order valence-corrected chi connectivity index (χ2v) is 5.00. The molecule has 1 fully saturated rings. The normalized spacial score (nSPS) is 17.2. The van der Waals surface area contributed by atoms with Gasteiger partial charge in [-0.15, -0.1) is 0 Å². The Bertz CT molecular complexity index is 582. The van der Waals surface area contributed by atoms with Crippen LogP contribution in [0.15, 0.2) is 24.3 Å². The van der Waals surface area contributed by atoms with Crippen LogP contribution in [0.4, 0.5) is 4.39 Å². The third kappa shape index (κ3) is 1.95. The Balaban J connectivity index is 2.00. The molecule has 1 aliphatic heterocycles. The van der Waals surface area contributed by atoms with Gasteiger partial charge in [0.25, 0.3) is 0 Å². The Morgan fingerprint density at radius 1 is 1.37 bits per heavy atom. The van der Waals surface area contributed by atoms with Gasteiger partial charge in [-0.2, -0.15) is 0 Å². The van der Waals surface area contributed by atoms with Crippen molar-refractivity contribution in [3.8, 4) is 11.3 Å². The first kappa shape index (κ1) is 12.3. The molecule has 0 amide bonds. The van der Waals surface area contributed by atoms with Crippen LogP contribution in [-0.4, -0.2) is 34.9 Å². The van der Waals surface area contributed by atoms with E-state index in [0.29, 0.717) is 13.2 Å². The highest BCUT2D eigenvalue weighted by Crippen LogP contribution is 2.32. The zero-order valence-corrected chi connectivity index (χ0v) is 10.6. The smallest absolute Gasteiger partial charge is 0.123 e. The average molecular weight is 262 g/mol. The van der Waals surface area contributed by atoms with E-state index in [1.165, 1.54) is 12.1 Å². The number of hydrogen-bond donors (Lipinski definition) is 2. The first-order valence-corrected chi connectivity index (χ1v) is 6.16. The molecule has 1 aromatic heterocycles. The molecule has 0 atom stereocenters. The molecule has 2 aromatic rings. The number of aromatic amines is 1. The first-order chi connectivity index (χ1) is 9.14. The predicted molar refractivity (Wildman–Crippen MR) is 68.3 cm³/mol. The molecule has 3 rings (SSSR count). The quantitative estimate of drug-likeness (QED) is 0.886. The van der Waals surface area contributed by atoms with Crippen molar-refractivity contribution in [2.75, 3.05) is 19.8 Å². The zero-order valence-electron chi connectivity index (χ0n) is 10.6. The molecule has 5 heteroatoms. The van der Waals surface area contributed by atoms with E-state index < -0.39 is 5.41 Å². The summed E-state index contributed by atoms with van der Waals surface area (Å²) >= 11 is 0. The lowest BCUT2D eigenvalue weighted by atomic mass is 9.86. The summed E-state index contributed by atoms with van der Waals surface area (Å²) in [6.45, 7) is 2.86. The number of H-pyrrole nitrogens is 1. The lowest BCUT2D eigenvalue weighted by Gasteiger charge is -2.37. The number of nitrogens with one attached hydrogen (secondary N) is 1. The van der Waals surface area contributed by atoms with Gasteiger partial charge in [0.2, 0.25) is 0 Å². The fourth-order valence-electron chi connectivity index (χ4n) is 2.25. The largest absolute Gasteiger partial charge is 0.395 e. The van der Waals surface area contributed by atoms with Crippen molar-refractivity contribution in [2.45, 2.75) is 12.3 Å². The Kier molecular flexibility index (Phi) is 2.88. The number of halogens is 1. The standard InChI is InChI=1S/C14H15FN2O2/c1-9-12(10-2-4-11(15)5-3-10)17-13(16-9)14(6-18)7-19-8-14/h2-5,18H,6-8H2,1H3,(H,16,17). The Hall–Kier alpha value is -1.72. The molecule has 0 radical (unpaired) electrons. The first-order valence-electron chi connectivity index (χ1n) is 6.16. The summed E-state index contributed by atoms with van der Waals surface area (Å²) < 4.78 is 18.1. The van der Waals surface area contributed by atoms with Gasteiger partial charge >= 0.3 is 0 Å². The van der Waals surface area contributed by atoms with E-state index in [9.17, 15) is 9.50 Å². The molecule has 1 aliphatic rings.